The molecule has 240 valence electrons. The first kappa shape index (κ1) is 36.1. The molecule has 0 saturated carbocycles. The van der Waals surface area contributed by atoms with Crippen LogP contribution >= 0.6 is 11.8 Å². The number of nitrogens with one attached hydrogen (secondary N) is 4. The summed E-state index contributed by atoms with van der Waals surface area (Å²) in [7, 11) is 0. The van der Waals surface area contributed by atoms with Crippen LogP contribution in [-0.4, -0.2) is 83.0 Å². The molecule has 3 unspecified atom stereocenters. The quantitative estimate of drug-likeness (QED) is 0.105. The molecule has 8 N–H and O–H groups in total. The Morgan fingerprint density at radius 2 is 1.45 bits per heavy atom. The molecule has 4 amide bonds. The molecule has 3 atom stereocenters. The van der Waals surface area contributed by atoms with E-state index < -0.39 is 48.4 Å². The second kappa shape index (κ2) is 20.0. The van der Waals surface area contributed by atoms with Crippen molar-refractivity contribution in [3.63, 3.8) is 0 Å². The van der Waals surface area contributed by atoms with Crippen molar-refractivity contribution in [2.45, 2.75) is 63.1 Å². The Balaban J connectivity index is 1.93. The predicted octanol–water partition coefficient (Wildman–Crippen LogP) is 1.10. The monoisotopic (exact) mass is 629 g/mol. The van der Waals surface area contributed by atoms with Gasteiger partial charge in [0.05, 0.1) is 12.6 Å². The molecular formula is C31H43N5O7S. The van der Waals surface area contributed by atoms with Crippen LogP contribution < -0.4 is 27.0 Å². The van der Waals surface area contributed by atoms with Crippen molar-refractivity contribution in [1.29, 1.82) is 0 Å². The molecule has 44 heavy (non-hydrogen) atoms. The summed E-state index contributed by atoms with van der Waals surface area (Å²) < 4.78 is 0. The minimum Gasteiger partial charge on any atom is -0.508 e. The molecule has 0 spiro atoms. The molecule has 2 aromatic rings. The average Bonchev–Trinajstić information content (AvgIpc) is 3.00. The fraction of sp³-hybridized carbons (Fsp3) is 0.452. The van der Waals surface area contributed by atoms with E-state index in [1.54, 1.807) is 12.1 Å². The summed E-state index contributed by atoms with van der Waals surface area (Å²) in [5.41, 5.74) is 7.65. The third kappa shape index (κ3) is 14.4. The summed E-state index contributed by atoms with van der Waals surface area (Å²) in [4.78, 5) is 62.2. The van der Waals surface area contributed by atoms with Crippen molar-refractivity contribution in [2.24, 2.45) is 5.73 Å². The third-order valence-corrected chi connectivity index (χ3v) is 7.34. The van der Waals surface area contributed by atoms with Gasteiger partial charge in [-0.2, -0.15) is 11.8 Å². The Morgan fingerprint density at radius 3 is 2.11 bits per heavy atom. The molecular weight excluding hydrogens is 586 g/mol. The van der Waals surface area contributed by atoms with Gasteiger partial charge in [0.25, 0.3) is 0 Å². The summed E-state index contributed by atoms with van der Waals surface area (Å²) in [5.74, 6) is -2.22. The molecule has 12 nitrogen and oxygen atoms in total. The number of carbonyl (C=O) groups excluding carboxylic acids is 4. The van der Waals surface area contributed by atoms with E-state index in [4.69, 9.17) is 10.8 Å². The van der Waals surface area contributed by atoms with Crippen LogP contribution in [0.4, 0.5) is 0 Å². The van der Waals surface area contributed by atoms with Crippen LogP contribution in [0, 0.1) is 0 Å². The van der Waals surface area contributed by atoms with Gasteiger partial charge in [0, 0.05) is 19.4 Å². The van der Waals surface area contributed by atoms with Gasteiger partial charge in [0.1, 0.15) is 17.8 Å². The number of phenols is 1. The number of carbonyl (C=O) groups is 5. The predicted molar refractivity (Wildman–Crippen MR) is 169 cm³/mol. The summed E-state index contributed by atoms with van der Waals surface area (Å²) in [6, 6.07) is 12.7. The molecule has 0 radical (unpaired) electrons. The van der Waals surface area contributed by atoms with E-state index >= 15 is 0 Å². The van der Waals surface area contributed by atoms with Crippen LogP contribution in [0.2, 0.25) is 0 Å². The number of unbranched alkanes of at least 4 members (excludes halogenated alkanes) is 2. The zero-order valence-electron chi connectivity index (χ0n) is 24.9. The first-order valence-corrected chi connectivity index (χ1v) is 15.9. The van der Waals surface area contributed by atoms with Gasteiger partial charge in [0.15, 0.2) is 0 Å². The van der Waals surface area contributed by atoms with Crippen LogP contribution in [0.15, 0.2) is 54.6 Å². The first-order valence-electron chi connectivity index (χ1n) is 14.5. The summed E-state index contributed by atoms with van der Waals surface area (Å²) in [5, 5.41) is 28.9. The van der Waals surface area contributed by atoms with Crippen LogP contribution in [0.5, 0.6) is 5.75 Å². The summed E-state index contributed by atoms with van der Waals surface area (Å²) >= 11 is 1.50. The fourth-order valence-electron chi connectivity index (χ4n) is 4.27. The molecule has 0 aliphatic rings. The van der Waals surface area contributed by atoms with Crippen molar-refractivity contribution in [3.8, 4) is 5.75 Å². The highest BCUT2D eigenvalue weighted by atomic mass is 32.2. The molecule has 0 fully saturated rings. The molecule has 0 saturated heterocycles. The number of phenolic OH excluding ortho intramolecular Hbond substituents is 1. The maximum Gasteiger partial charge on any atom is 0.303 e. The van der Waals surface area contributed by atoms with Gasteiger partial charge >= 0.3 is 5.97 Å². The van der Waals surface area contributed by atoms with Crippen molar-refractivity contribution in [1.82, 2.24) is 21.3 Å². The van der Waals surface area contributed by atoms with Crippen LogP contribution in [0.25, 0.3) is 0 Å². The van der Waals surface area contributed by atoms with Gasteiger partial charge in [-0.05, 0) is 61.0 Å². The largest absolute Gasteiger partial charge is 0.508 e. The maximum absolute atomic E-state index is 13.0. The molecule has 13 heteroatoms. The van der Waals surface area contributed by atoms with Crippen LogP contribution in [0.3, 0.4) is 0 Å². The standard InChI is InChI=1S/C31H43N5O7S/c1-44-17-15-25(36-29(41)24(32)18-22-11-13-23(37)14-12-22)30(42)34-20-27(38)35-26(19-21-8-4-2-5-9-21)31(43)33-16-7-3-6-10-28(39)40/h2,4-5,8-9,11-14,24-26,37H,3,6-7,10,15-20,32H2,1H3,(H,33,43)(H,34,42)(H,35,38)(H,36,41)(H,39,40). The molecule has 2 aromatic carbocycles. The van der Waals surface area contributed by atoms with E-state index in [-0.39, 0.29) is 30.9 Å². The molecule has 0 aromatic heterocycles. The number of aliphatic carboxylic acids is 1. The minimum absolute atomic E-state index is 0.0702. The smallest absolute Gasteiger partial charge is 0.303 e. The van der Waals surface area contributed by atoms with E-state index in [2.05, 4.69) is 21.3 Å². The van der Waals surface area contributed by atoms with Crippen molar-refractivity contribution in [2.75, 3.05) is 25.1 Å². The zero-order valence-corrected chi connectivity index (χ0v) is 25.7. The topological polar surface area (TPSA) is 200 Å². The number of rotatable bonds is 20. The number of hydrogen-bond acceptors (Lipinski definition) is 8. The summed E-state index contributed by atoms with van der Waals surface area (Å²) in [6.45, 7) is -0.0696. The van der Waals surface area contributed by atoms with Gasteiger partial charge in [-0.3, -0.25) is 24.0 Å². The minimum atomic E-state index is -0.929. The van der Waals surface area contributed by atoms with Gasteiger partial charge in [-0.25, -0.2) is 0 Å². The number of thioether (sulfide) groups is 1. The SMILES string of the molecule is CSCCC(NC(=O)C(N)Cc1ccc(O)cc1)C(=O)NCC(=O)NC(Cc1ccccc1)C(=O)NCCCCCC(=O)O. The lowest BCUT2D eigenvalue weighted by Crippen LogP contribution is -2.54. The lowest BCUT2D eigenvalue weighted by Gasteiger charge is -2.22. The third-order valence-electron chi connectivity index (χ3n) is 6.70. The Hall–Kier alpha value is -4.10. The second-order valence-corrected chi connectivity index (χ2v) is 11.3. The molecule has 0 aliphatic carbocycles. The van der Waals surface area contributed by atoms with Gasteiger partial charge in [0.2, 0.25) is 23.6 Å². The highest BCUT2D eigenvalue weighted by molar-refractivity contribution is 7.98. The lowest BCUT2D eigenvalue weighted by molar-refractivity contribution is -0.137. The van der Waals surface area contributed by atoms with E-state index in [9.17, 15) is 29.1 Å². The highest BCUT2D eigenvalue weighted by Gasteiger charge is 2.25. The Bertz CT molecular complexity index is 1210. The van der Waals surface area contributed by atoms with Crippen molar-refractivity contribution >= 4 is 41.4 Å². The Kier molecular flexibility index (Phi) is 16.4. The zero-order chi connectivity index (χ0) is 32.3. The van der Waals surface area contributed by atoms with Crippen molar-refractivity contribution < 1.29 is 34.2 Å². The van der Waals surface area contributed by atoms with Crippen LogP contribution in [0.1, 0.15) is 43.2 Å². The number of amides is 4. The lowest BCUT2D eigenvalue weighted by atomic mass is 10.0. The van der Waals surface area contributed by atoms with Crippen LogP contribution in [-0.2, 0) is 36.8 Å². The van der Waals surface area contributed by atoms with E-state index in [0.29, 0.717) is 38.0 Å². The van der Waals surface area contributed by atoms with Crippen molar-refractivity contribution in [3.05, 3.63) is 65.7 Å². The number of aromatic hydroxyl groups is 1. The van der Waals surface area contributed by atoms with E-state index in [1.807, 2.05) is 36.6 Å². The fourth-order valence-corrected chi connectivity index (χ4v) is 4.74. The number of hydrogen-bond donors (Lipinski definition) is 7. The highest BCUT2D eigenvalue weighted by Crippen LogP contribution is 2.11. The molecule has 2 rings (SSSR count). The maximum atomic E-state index is 13.0. The second-order valence-electron chi connectivity index (χ2n) is 10.3. The molecule has 0 bridgehead atoms. The number of nitrogens with two attached hydrogens (primary N) is 1. The Labute approximate surface area is 261 Å². The average molecular weight is 630 g/mol. The van der Waals surface area contributed by atoms with Gasteiger partial charge in [-0.1, -0.05) is 48.9 Å². The van der Waals surface area contributed by atoms with E-state index in [1.165, 1.54) is 23.9 Å². The number of carboxylic acids is 1. The number of carboxylic acid groups (broad SMARTS) is 1. The Morgan fingerprint density at radius 1 is 0.795 bits per heavy atom. The first-order chi connectivity index (χ1) is 21.1. The van der Waals surface area contributed by atoms with Gasteiger partial charge in [-0.15, -0.1) is 0 Å². The van der Waals surface area contributed by atoms with E-state index in [0.717, 1.165) is 11.1 Å². The molecule has 0 aliphatic heterocycles. The number of benzene rings is 2. The summed E-state index contributed by atoms with van der Waals surface area (Å²) in [6.07, 6.45) is 4.45. The van der Waals surface area contributed by atoms with Gasteiger partial charge < -0.3 is 37.2 Å². The normalized spacial score (nSPS) is 12.8. The molecule has 0 heterocycles.